The Hall–Kier alpha value is -1.65. The van der Waals surface area contributed by atoms with E-state index in [0.29, 0.717) is 6.54 Å². The Labute approximate surface area is 104 Å². The first-order chi connectivity index (χ1) is 8.29. The average Bonchev–Trinajstić information content (AvgIpc) is 2.97. The summed E-state index contributed by atoms with van der Waals surface area (Å²) in [6.07, 6.45) is 1.85. The summed E-state index contributed by atoms with van der Waals surface area (Å²) in [6.45, 7) is 2.60. The highest BCUT2D eigenvalue weighted by Crippen LogP contribution is 2.30. The molecule has 0 saturated heterocycles. The molecule has 0 amide bonds. The van der Waals surface area contributed by atoms with Gasteiger partial charge in [-0.05, 0) is 30.5 Å². The molecule has 0 aliphatic heterocycles. The summed E-state index contributed by atoms with van der Waals surface area (Å²) in [5.41, 5.74) is 10.2. The van der Waals surface area contributed by atoms with Crippen LogP contribution in [0.5, 0.6) is 0 Å². The van der Waals surface area contributed by atoms with Crippen LogP contribution in [0, 0.1) is 6.92 Å². The normalized spacial score (nSPS) is 11.2. The molecule has 0 aliphatic rings. The van der Waals surface area contributed by atoms with E-state index in [0.717, 1.165) is 11.2 Å². The lowest BCUT2D eigenvalue weighted by Crippen LogP contribution is -2.01. The van der Waals surface area contributed by atoms with Crippen molar-refractivity contribution in [3.63, 3.8) is 0 Å². The first kappa shape index (κ1) is 10.5. The third-order valence-electron chi connectivity index (χ3n) is 2.97. The summed E-state index contributed by atoms with van der Waals surface area (Å²) in [5, 5.41) is 2.10. The smallest absolute Gasteiger partial charge is 0.0996 e. The molecule has 3 aromatic heterocycles. The van der Waals surface area contributed by atoms with E-state index >= 15 is 0 Å². The Morgan fingerprint density at radius 1 is 1.41 bits per heavy atom. The Kier molecular flexibility index (Phi) is 2.46. The van der Waals surface area contributed by atoms with E-state index in [1.807, 2.05) is 12.4 Å². The van der Waals surface area contributed by atoms with Gasteiger partial charge < -0.3 is 10.1 Å². The summed E-state index contributed by atoms with van der Waals surface area (Å²) in [5.74, 6) is 0. The zero-order chi connectivity index (χ0) is 11.8. The number of aryl methyl sites for hydroxylation is 1. The number of thiophene rings is 1. The van der Waals surface area contributed by atoms with E-state index in [1.54, 1.807) is 11.3 Å². The summed E-state index contributed by atoms with van der Waals surface area (Å²) in [6, 6.07) is 8.46. The number of nitrogens with zero attached hydrogens (tertiary/aromatic N) is 2. The highest BCUT2D eigenvalue weighted by molar-refractivity contribution is 7.13. The van der Waals surface area contributed by atoms with Crippen molar-refractivity contribution in [2.24, 2.45) is 5.73 Å². The van der Waals surface area contributed by atoms with Gasteiger partial charge in [0.2, 0.25) is 0 Å². The molecule has 0 unspecified atom stereocenters. The quantitative estimate of drug-likeness (QED) is 0.752. The number of fused-ring (bicyclic) bond motifs is 1. The molecule has 0 saturated carbocycles. The van der Waals surface area contributed by atoms with Gasteiger partial charge >= 0.3 is 0 Å². The SMILES string of the molecule is Cc1c(-c2cccs2)cc2cc(CN)ncn12. The lowest BCUT2D eigenvalue weighted by atomic mass is 10.2. The zero-order valence-corrected chi connectivity index (χ0v) is 10.4. The molecule has 0 fully saturated rings. The van der Waals surface area contributed by atoms with Gasteiger partial charge in [-0.1, -0.05) is 6.07 Å². The van der Waals surface area contributed by atoms with Gasteiger partial charge in [0.1, 0.15) is 0 Å². The van der Waals surface area contributed by atoms with Crippen LogP contribution in [0.3, 0.4) is 0 Å². The molecule has 0 radical (unpaired) electrons. The standard InChI is InChI=1S/C13H13N3S/c1-9-12(13-3-2-4-17-13)6-11-5-10(7-14)15-8-16(9)11/h2-6,8H,7,14H2,1H3. The minimum absolute atomic E-state index is 0.481. The van der Waals surface area contributed by atoms with E-state index in [2.05, 4.69) is 39.9 Å². The molecular formula is C13H13N3S. The lowest BCUT2D eigenvalue weighted by Gasteiger charge is -2.00. The van der Waals surface area contributed by atoms with Gasteiger partial charge in [-0.3, -0.25) is 0 Å². The van der Waals surface area contributed by atoms with Crippen molar-refractivity contribution in [1.29, 1.82) is 0 Å². The maximum absolute atomic E-state index is 5.61. The van der Waals surface area contributed by atoms with Crippen molar-refractivity contribution in [3.05, 3.63) is 47.4 Å². The van der Waals surface area contributed by atoms with Crippen molar-refractivity contribution in [2.45, 2.75) is 13.5 Å². The molecule has 0 aromatic carbocycles. The first-order valence-electron chi connectivity index (χ1n) is 5.50. The number of aromatic nitrogens is 2. The van der Waals surface area contributed by atoms with Crippen LogP contribution < -0.4 is 5.73 Å². The fourth-order valence-corrected chi connectivity index (χ4v) is 2.84. The van der Waals surface area contributed by atoms with Crippen LogP contribution in [-0.4, -0.2) is 9.38 Å². The molecule has 3 heterocycles. The van der Waals surface area contributed by atoms with Crippen LogP contribution in [0.4, 0.5) is 0 Å². The second kappa shape index (κ2) is 3.98. The monoisotopic (exact) mass is 243 g/mol. The van der Waals surface area contributed by atoms with Crippen LogP contribution in [0.2, 0.25) is 0 Å². The van der Waals surface area contributed by atoms with Crippen LogP contribution in [0.15, 0.2) is 36.0 Å². The molecule has 3 nitrogen and oxygen atoms in total. The third kappa shape index (κ3) is 1.66. The van der Waals surface area contributed by atoms with Crippen molar-refractivity contribution in [1.82, 2.24) is 9.38 Å². The largest absolute Gasteiger partial charge is 0.325 e. The summed E-state index contributed by atoms with van der Waals surface area (Å²) in [7, 11) is 0. The zero-order valence-electron chi connectivity index (χ0n) is 9.55. The van der Waals surface area contributed by atoms with Gasteiger partial charge in [-0.2, -0.15) is 0 Å². The average molecular weight is 243 g/mol. The van der Waals surface area contributed by atoms with Gasteiger partial charge in [-0.15, -0.1) is 11.3 Å². The molecular weight excluding hydrogens is 230 g/mol. The van der Waals surface area contributed by atoms with E-state index in [1.165, 1.54) is 16.1 Å². The molecule has 17 heavy (non-hydrogen) atoms. The number of hydrogen-bond donors (Lipinski definition) is 1. The lowest BCUT2D eigenvalue weighted by molar-refractivity contribution is 0.941. The molecule has 4 heteroatoms. The predicted octanol–water partition coefficient (Wildman–Crippen LogP) is 2.83. The number of hydrogen-bond acceptors (Lipinski definition) is 3. The van der Waals surface area contributed by atoms with Crippen molar-refractivity contribution in [3.8, 4) is 10.4 Å². The van der Waals surface area contributed by atoms with Crippen molar-refractivity contribution >= 4 is 16.9 Å². The Morgan fingerprint density at radius 2 is 2.29 bits per heavy atom. The van der Waals surface area contributed by atoms with E-state index < -0.39 is 0 Å². The molecule has 2 N–H and O–H groups in total. The fraction of sp³-hybridized carbons (Fsp3) is 0.154. The topological polar surface area (TPSA) is 43.3 Å². The predicted molar refractivity (Wildman–Crippen MR) is 71.1 cm³/mol. The van der Waals surface area contributed by atoms with Gasteiger partial charge in [0.05, 0.1) is 12.0 Å². The minimum Gasteiger partial charge on any atom is -0.325 e. The third-order valence-corrected chi connectivity index (χ3v) is 3.87. The van der Waals surface area contributed by atoms with Gasteiger partial charge in [0.15, 0.2) is 0 Å². The maximum atomic E-state index is 5.61. The van der Waals surface area contributed by atoms with Gasteiger partial charge in [-0.25, -0.2) is 4.98 Å². The molecule has 0 spiro atoms. The van der Waals surface area contributed by atoms with E-state index in [-0.39, 0.29) is 0 Å². The van der Waals surface area contributed by atoms with Gasteiger partial charge in [0.25, 0.3) is 0 Å². The number of rotatable bonds is 2. The summed E-state index contributed by atoms with van der Waals surface area (Å²) in [4.78, 5) is 5.61. The summed E-state index contributed by atoms with van der Waals surface area (Å²) < 4.78 is 2.11. The molecule has 86 valence electrons. The molecule has 0 bridgehead atoms. The second-order valence-electron chi connectivity index (χ2n) is 4.00. The highest BCUT2D eigenvalue weighted by atomic mass is 32.1. The Bertz CT molecular complexity index is 653. The minimum atomic E-state index is 0.481. The van der Waals surface area contributed by atoms with Crippen molar-refractivity contribution < 1.29 is 0 Å². The van der Waals surface area contributed by atoms with Crippen molar-refractivity contribution in [2.75, 3.05) is 0 Å². The Balaban J connectivity index is 2.24. The number of nitrogens with two attached hydrogens (primary N) is 1. The maximum Gasteiger partial charge on any atom is 0.0996 e. The van der Waals surface area contributed by atoms with Gasteiger partial charge in [0, 0.05) is 28.2 Å². The highest BCUT2D eigenvalue weighted by Gasteiger charge is 2.09. The molecule has 3 rings (SSSR count). The second-order valence-corrected chi connectivity index (χ2v) is 4.95. The fourth-order valence-electron chi connectivity index (χ4n) is 2.04. The summed E-state index contributed by atoms with van der Waals surface area (Å²) >= 11 is 1.76. The molecule has 0 aliphatic carbocycles. The van der Waals surface area contributed by atoms with E-state index in [9.17, 15) is 0 Å². The van der Waals surface area contributed by atoms with E-state index in [4.69, 9.17) is 5.73 Å². The Morgan fingerprint density at radius 3 is 3.00 bits per heavy atom. The first-order valence-corrected chi connectivity index (χ1v) is 6.38. The van der Waals surface area contributed by atoms with Crippen LogP contribution in [0.25, 0.3) is 16.0 Å². The van der Waals surface area contributed by atoms with Crippen LogP contribution in [0.1, 0.15) is 11.4 Å². The van der Waals surface area contributed by atoms with Crippen LogP contribution >= 0.6 is 11.3 Å². The molecule has 3 aromatic rings. The molecule has 0 atom stereocenters. The van der Waals surface area contributed by atoms with Crippen LogP contribution in [-0.2, 0) is 6.54 Å².